The van der Waals surface area contributed by atoms with Crippen LogP contribution in [0.4, 0.5) is 0 Å². The summed E-state index contributed by atoms with van der Waals surface area (Å²) in [6, 6.07) is 7.47. The summed E-state index contributed by atoms with van der Waals surface area (Å²) in [6.45, 7) is 1.99. The van der Waals surface area contributed by atoms with E-state index in [0.29, 0.717) is 37.1 Å². The molecule has 0 saturated carbocycles. The molecule has 1 aliphatic rings. The fourth-order valence-electron chi connectivity index (χ4n) is 1.54. The molecule has 2 rings (SSSR count). The van der Waals surface area contributed by atoms with Gasteiger partial charge in [0, 0.05) is 23.9 Å². The second-order valence-electron chi connectivity index (χ2n) is 4.01. The van der Waals surface area contributed by atoms with E-state index in [9.17, 15) is 4.79 Å². The Balaban J connectivity index is 1.73. The van der Waals surface area contributed by atoms with Gasteiger partial charge in [-0.3, -0.25) is 4.79 Å². The highest BCUT2D eigenvalue weighted by Crippen LogP contribution is 2.14. The third-order valence-corrected chi connectivity index (χ3v) is 2.84. The number of halogens is 1. The summed E-state index contributed by atoms with van der Waals surface area (Å²) in [7, 11) is 0. The number of carbonyl (C=O) groups is 1. The number of amides is 1. The molecule has 0 unspecified atom stereocenters. The third-order valence-electron chi connectivity index (χ3n) is 2.58. The SMILES string of the molecule is O=C(CC1COC1)NCc1ccc(Cl)cc1. The number of rotatable bonds is 4. The van der Waals surface area contributed by atoms with E-state index < -0.39 is 0 Å². The molecule has 0 spiro atoms. The first-order valence-corrected chi connectivity index (χ1v) is 5.71. The Hall–Kier alpha value is -1.06. The van der Waals surface area contributed by atoms with Gasteiger partial charge in [-0.05, 0) is 17.7 Å². The molecule has 1 saturated heterocycles. The van der Waals surface area contributed by atoms with E-state index in [2.05, 4.69) is 5.32 Å². The second-order valence-corrected chi connectivity index (χ2v) is 4.45. The van der Waals surface area contributed by atoms with Gasteiger partial charge in [0.05, 0.1) is 13.2 Å². The van der Waals surface area contributed by atoms with Crippen LogP contribution in [0.15, 0.2) is 24.3 Å². The van der Waals surface area contributed by atoms with E-state index in [4.69, 9.17) is 16.3 Å². The van der Waals surface area contributed by atoms with Crippen molar-refractivity contribution in [1.82, 2.24) is 5.32 Å². The smallest absolute Gasteiger partial charge is 0.220 e. The van der Waals surface area contributed by atoms with Gasteiger partial charge in [0.25, 0.3) is 0 Å². The fraction of sp³-hybridized carbons (Fsp3) is 0.417. The van der Waals surface area contributed by atoms with E-state index in [1.807, 2.05) is 24.3 Å². The lowest BCUT2D eigenvalue weighted by atomic mass is 10.0. The lowest BCUT2D eigenvalue weighted by Gasteiger charge is -2.25. The quantitative estimate of drug-likeness (QED) is 0.873. The van der Waals surface area contributed by atoms with Crippen LogP contribution in [0.3, 0.4) is 0 Å². The molecule has 0 aromatic heterocycles. The standard InChI is InChI=1S/C12H14ClNO2/c13-11-3-1-9(2-4-11)6-14-12(15)5-10-7-16-8-10/h1-4,10H,5-8H2,(H,14,15). The normalized spacial score (nSPS) is 15.6. The van der Waals surface area contributed by atoms with Crippen molar-refractivity contribution in [2.24, 2.45) is 5.92 Å². The van der Waals surface area contributed by atoms with E-state index in [1.54, 1.807) is 0 Å². The van der Waals surface area contributed by atoms with Crippen molar-refractivity contribution in [1.29, 1.82) is 0 Å². The summed E-state index contributed by atoms with van der Waals surface area (Å²) < 4.78 is 5.02. The largest absolute Gasteiger partial charge is 0.381 e. The van der Waals surface area contributed by atoms with Gasteiger partial charge >= 0.3 is 0 Å². The van der Waals surface area contributed by atoms with Crippen LogP contribution in [0.1, 0.15) is 12.0 Å². The van der Waals surface area contributed by atoms with Crippen molar-refractivity contribution in [2.75, 3.05) is 13.2 Å². The van der Waals surface area contributed by atoms with Gasteiger partial charge in [-0.15, -0.1) is 0 Å². The van der Waals surface area contributed by atoms with Crippen molar-refractivity contribution in [2.45, 2.75) is 13.0 Å². The molecule has 0 atom stereocenters. The Morgan fingerprint density at radius 3 is 2.62 bits per heavy atom. The van der Waals surface area contributed by atoms with E-state index in [-0.39, 0.29) is 5.91 Å². The second kappa shape index (κ2) is 5.32. The Bertz CT molecular complexity index is 360. The van der Waals surface area contributed by atoms with Gasteiger partial charge in [0.15, 0.2) is 0 Å². The van der Waals surface area contributed by atoms with Crippen molar-refractivity contribution in [3.63, 3.8) is 0 Å². The molecule has 1 N–H and O–H groups in total. The van der Waals surface area contributed by atoms with Gasteiger partial charge in [0.2, 0.25) is 5.91 Å². The van der Waals surface area contributed by atoms with Crippen LogP contribution in [0.25, 0.3) is 0 Å². The van der Waals surface area contributed by atoms with Gasteiger partial charge in [-0.25, -0.2) is 0 Å². The molecule has 1 aliphatic heterocycles. The third kappa shape index (κ3) is 3.22. The molecule has 1 fully saturated rings. The summed E-state index contributed by atoms with van der Waals surface area (Å²) >= 11 is 5.77. The molecule has 16 heavy (non-hydrogen) atoms. The van der Waals surface area contributed by atoms with Crippen molar-refractivity contribution >= 4 is 17.5 Å². The number of ether oxygens (including phenoxy) is 1. The number of benzene rings is 1. The van der Waals surface area contributed by atoms with Crippen molar-refractivity contribution in [3.8, 4) is 0 Å². The summed E-state index contributed by atoms with van der Waals surface area (Å²) in [6.07, 6.45) is 0.563. The number of carbonyl (C=O) groups excluding carboxylic acids is 1. The minimum Gasteiger partial charge on any atom is -0.381 e. The van der Waals surface area contributed by atoms with Crippen LogP contribution >= 0.6 is 11.6 Å². The highest BCUT2D eigenvalue weighted by atomic mass is 35.5. The first-order valence-electron chi connectivity index (χ1n) is 5.33. The summed E-state index contributed by atoms with van der Waals surface area (Å²) in [5.74, 6) is 0.494. The van der Waals surface area contributed by atoms with Gasteiger partial charge in [0.1, 0.15) is 0 Å². The summed E-state index contributed by atoms with van der Waals surface area (Å²) in [5.41, 5.74) is 1.06. The van der Waals surface area contributed by atoms with E-state index in [1.165, 1.54) is 0 Å². The molecule has 1 amide bonds. The van der Waals surface area contributed by atoms with E-state index >= 15 is 0 Å². The van der Waals surface area contributed by atoms with Gasteiger partial charge in [-0.1, -0.05) is 23.7 Å². The maximum atomic E-state index is 11.5. The molecular weight excluding hydrogens is 226 g/mol. The van der Waals surface area contributed by atoms with Gasteiger partial charge in [-0.2, -0.15) is 0 Å². The molecule has 1 aromatic carbocycles. The zero-order valence-electron chi connectivity index (χ0n) is 8.91. The lowest BCUT2D eigenvalue weighted by Crippen LogP contribution is -2.34. The highest BCUT2D eigenvalue weighted by molar-refractivity contribution is 6.30. The summed E-state index contributed by atoms with van der Waals surface area (Å²) in [5, 5.41) is 3.59. The highest BCUT2D eigenvalue weighted by Gasteiger charge is 2.21. The average molecular weight is 240 g/mol. The molecule has 0 aliphatic carbocycles. The summed E-state index contributed by atoms with van der Waals surface area (Å²) in [4.78, 5) is 11.5. The van der Waals surface area contributed by atoms with Crippen LogP contribution < -0.4 is 5.32 Å². The van der Waals surface area contributed by atoms with Crippen LogP contribution in [0.5, 0.6) is 0 Å². The Morgan fingerprint density at radius 1 is 1.38 bits per heavy atom. The van der Waals surface area contributed by atoms with Crippen molar-refractivity contribution < 1.29 is 9.53 Å². The molecular formula is C12H14ClNO2. The molecule has 86 valence electrons. The zero-order chi connectivity index (χ0) is 11.4. The fourth-order valence-corrected chi connectivity index (χ4v) is 1.67. The molecule has 3 nitrogen and oxygen atoms in total. The maximum absolute atomic E-state index is 11.5. The average Bonchev–Trinajstić information content (AvgIpc) is 2.23. The number of hydrogen-bond donors (Lipinski definition) is 1. The number of nitrogens with one attached hydrogen (secondary N) is 1. The van der Waals surface area contributed by atoms with Gasteiger partial charge < -0.3 is 10.1 Å². The topological polar surface area (TPSA) is 38.3 Å². The first-order chi connectivity index (χ1) is 7.74. The molecule has 4 heteroatoms. The lowest BCUT2D eigenvalue weighted by molar-refractivity contribution is -0.126. The molecule has 0 radical (unpaired) electrons. The Kier molecular flexibility index (Phi) is 3.80. The van der Waals surface area contributed by atoms with Crippen LogP contribution in [0, 0.1) is 5.92 Å². The Labute approximate surface area is 99.7 Å². The predicted octanol–water partition coefficient (Wildman–Crippen LogP) is 1.99. The minimum atomic E-state index is 0.0863. The monoisotopic (exact) mass is 239 g/mol. The predicted molar refractivity (Wildman–Crippen MR) is 62.2 cm³/mol. The first kappa shape index (κ1) is 11.4. The van der Waals surface area contributed by atoms with Crippen LogP contribution in [0.2, 0.25) is 5.02 Å². The van der Waals surface area contributed by atoms with Crippen LogP contribution in [-0.2, 0) is 16.1 Å². The zero-order valence-corrected chi connectivity index (χ0v) is 9.67. The van der Waals surface area contributed by atoms with Crippen LogP contribution in [-0.4, -0.2) is 19.1 Å². The molecule has 1 aromatic rings. The Morgan fingerprint density at radius 2 is 2.06 bits per heavy atom. The molecule has 1 heterocycles. The molecule has 0 bridgehead atoms. The van der Waals surface area contributed by atoms with Crippen molar-refractivity contribution in [3.05, 3.63) is 34.9 Å². The maximum Gasteiger partial charge on any atom is 0.220 e. The number of hydrogen-bond acceptors (Lipinski definition) is 2. The van der Waals surface area contributed by atoms with E-state index in [0.717, 1.165) is 5.56 Å². The minimum absolute atomic E-state index is 0.0863.